The third-order valence-electron chi connectivity index (χ3n) is 5.27. The predicted octanol–water partition coefficient (Wildman–Crippen LogP) is 3.61. The number of ether oxygens (including phenoxy) is 3. The van der Waals surface area contributed by atoms with Crippen molar-refractivity contribution in [2.45, 2.75) is 12.2 Å². The van der Waals surface area contributed by atoms with E-state index in [1.807, 2.05) is 4.90 Å². The molecule has 2 amide bonds. The minimum atomic E-state index is -2.91. The molecule has 1 N–H and O–H groups in total. The molecule has 8 nitrogen and oxygen atoms in total. The van der Waals surface area contributed by atoms with Gasteiger partial charge in [-0.1, -0.05) is 11.6 Å². The van der Waals surface area contributed by atoms with Crippen molar-refractivity contribution in [2.75, 3.05) is 49.6 Å². The Bertz CT molecular complexity index is 993. The Morgan fingerprint density at radius 3 is 2.58 bits per heavy atom. The molecule has 2 aliphatic heterocycles. The first kappa shape index (κ1) is 23.2. The number of hydrogen-bond donors (Lipinski definition) is 1. The first-order valence-electron chi connectivity index (χ1n) is 10.2. The van der Waals surface area contributed by atoms with Crippen LogP contribution in [-0.2, 0) is 14.3 Å². The second-order valence-corrected chi connectivity index (χ2v) is 8.26. The van der Waals surface area contributed by atoms with Crippen molar-refractivity contribution in [1.29, 1.82) is 0 Å². The highest BCUT2D eigenvalue weighted by Crippen LogP contribution is 2.31. The highest BCUT2D eigenvalue weighted by molar-refractivity contribution is 6.30. The lowest BCUT2D eigenvalue weighted by Gasteiger charge is -2.29. The van der Waals surface area contributed by atoms with Crippen LogP contribution in [0.3, 0.4) is 0 Å². The van der Waals surface area contributed by atoms with Crippen molar-refractivity contribution in [1.82, 2.24) is 4.90 Å². The molecule has 0 aliphatic carbocycles. The number of halogens is 3. The van der Waals surface area contributed by atoms with Gasteiger partial charge in [0, 0.05) is 29.5 Å². The van der Waals surface area contributed by atoms with Gasteiger partial charge in [-0.15, -0.1) is 0 Å². The Morgan fingerprint density at radius 1 is 1.15 bits per heavy atom. The van der Waals surface area contributed by atoms with Gasteiger partial charge in [0.1, 0.15) is 5.75 Å². The van der Waals surface area contributed by atoms with Gasteiger partial charge in [-0.3, -0.25) is 14.6 Å². The summed E-state index contributed by atoms with van der Waals surface area (Å²) in [7, 11) is 0. The van der Waals surface area contributed by atoms with Crippen molar-refractivity contribution >= 4 is 35.0 Å². The van der Waals surface area contributed by atoms with Crippen LogP contribution in [0, 0.1) is 0 Å². The molecular weight excluding hydrogens is 460 g/mol. The fraction of sp³-hybridized carbons (Fsp3) is 0.364. The van der Waals surface area contributed by atoms with Crippen molar-refractivity contribution in [3.05, 3.63) is 53.6 Å². The van der Waals surface area contributed by atoms with E-state index in [4.69, 9.17) is 21.1 Å². The van der Waals surface area contributed by atoms with Gasteiger partial charge in [0.15, 0.2) is 5.60 Å². The van der Waals surface area contributed by atoms with Gasteiger partial charge in [0.25, 0.3) is 0 Å². The normalized spacial score (nSPS) is 21.2. The van der Waals surface area contributed by atoms with E-state index in [0.717, 1.165) is 0 Å². The molecule has 176 valence electrons. The SMILES string of the molecule is O=C(CN1CCOC[C@]2(C1)CN(c1ccc(Cl)cc1)C(=O)O2)Nc1ccc(OC(F)F)cc1. The summed E-state index contributed by atoms with van der Waals surface area (Å²) in [6.45, 7) is -1.20. The maximum absolute atomic E-state index is 12.6. The first-order chi connectivity index (χ1) is 15.8. The molecule has 33 heavy (non-hydrogen) atoms. The summed E-state index contributed by atoms with van der Waals surface area (Å²) in [5.74, 6) is -0.295. The number of amides is 2. The molecule has 0 bridgehead atoms. The molecule has 4 rings (SSSR count). The van der Waals surface area contributed by atoms with E-state index in [1.165, 1.54) is 29.2 Å². The summed E-state index contributed by atoms with van der Waals surface area (Å²) in [4.78, 5) is 28.5. The van der Waals surface area contributed by atoms with E-state index in [9.17, 15) is 18.4 Å². The summed E-state index contributed by atoms with van der Waals surface area (Å²) in [5.41, 5.74) is 0.194. The summed E-state index contributed by atoms with van der Waals surface area (Å²) in [6.07, 6.45) is -0.488. The van der Waals surface area contributed by atoms with Crippen molar-refractivity contribution in [3.63, 3.8) is 0 Å². The average Bonchev–Trinajstić information content (AvgIpc) is 2.95. The smallest absolute Gasteiger partial charge is 0.415 e. The van der Waals surface area contributed by atoms with Gasteiger partial charge in [-0.2, -0.15) is 8.78 Å². The number of alkyl halides is 2. The summed E-state index contributed by atoms with van der Waals surface area (Å²) in [6, 6.07) is 12.5. The first-order valence-corrected chi connectivity index (χ1v) is 10.6. The highest BCUT2D eigenvalue weighted by atomic mass is 35.5. The number of benzene rings is 2. The summed E-state index contributed by atoms with van der Waals surface area (Å²) >= 11 is 5.94. The molecule has 0 saturated carbocycles. The molecule has 0 aromatic heterocycles. The van der Waals surface area contributed by atoms with Crippen LogP contribution < -0.4 is 15.0 Å². The van der Waals surface area contributed by atoms with E-state index < -0.39 is 18.3 Å². The number of carbonyl (C=O) groups excluding carboxylic acids is 2. The third-order valence-corrected chi connectivity index (χ3v) is 5.52. The second-order valence-electron chi connectivity index (χ2n) is 7.83. The van der Waals surface area contributed by atoms with Crippen LogP contribution in [0.15, 0.2) is 48.5 Å². The van der Waals surface area contributed by atoms with Crippen LogP contribution in [0.5, 0.6) is 5.75 Å². The molecular formula is C22H22ClF2N3O5. The van der Waals surface area contributed by atoms with Gasteiger partial charge in [0.05, 0.1) is 26.3 Å². The van der Waals surface area contributed by atoms with Crippen LogP contribution in [0.2, 0.25) is 5.02 Å². The van der Waals surface area contributed by atoms with Crippen LogP contribution in [-0.4, -0.2) is 68.5 Å². The zero-order chi connectivity index (χ0) is 23.4. The van der Waals surface area contributed by atoms with Crippen molar-refractivity contribution in [3.8, 4) is 5.75 Å². The number of nitrogens with zero attached hydrogens (tertiary/aromatic N) is 2. The van der Waals surface area contributed by atoms with Crippen molar-refractivity contribution < 1.29 is 32.6 Å². The molecule has 2 aliphatic rings. The fourth-order valence-corrected chi connectivity index (χ4v) is 3.97. The average molecular weight is 482 g/mol. The van der Waals surface area contributed by atoms with Gasteiger partial charge >= 0.3 is 12.7 Å². The maximum Gasteiger partial charge on any atom is 0.415 e. The van der Waals surface area contributed by atoms with Crippen LogP contribution in [0.25, 0.3) is 0 Å². The van der Waals surface area contributed by atoms with Crippen LogP contribution in [0.1, 0.15) is 0 Å². The monoisotopic (exact) mass is 481 g/mol. The van der Waals surface area contributed by atoms with E-state index in [-0.39, 0.29) is 31.4 Å². The third kappa shape index (κ3) is 5.89. The van der Waals surface area contributed by atoms with E-state index >= 15 is 0 Å². The highest BCUT2D eigenvalue weighted by Gasteiger charge is 2.48. The Morgan fingerprint density at radius 2 is 1.88 bits per heavy atom. The number of carbonyl (C=O) groups is 2. The number of anilines is 2. The minimum absolute atomic E-state index is 0.00268. The van der Waals surface area contributed by atoms with Crippen LogP contribution >= 0.6 is 11.6 Å². The standard InChI is InChI=1S/C22H22ClF2N3O5/c23-15-1-5-17(6-2-15)28-13-22(33-21(28)30)12-27(9-10-31-14-22)11-19(29)26-16-3-7-18(8-4-16)32-20(24)25/h1-8,20H,9-14H2,(H,26,29)/t22-/m0/s1. The fourth-order valence-electron chi connectivity index (χ4n) is 3.84. The van der Waals surface area contributed by atoms with E-state index in [1.54, 1.807) is 24.3 Å². The second kappa shape index (κ2) is 9.90. The zero-order valence-corrected chi connectivity index (χ0v) is 18.3. The molecule has 1 atom stereocenters. The molecule has 0 radical (unpaired) electrons. The van der Waals surface area contributed by atoms with E-state index in [0.29, 0.717) is 36.1 Å². The summed E-state index contributed by atoms with van der Waals surface area (Å²) in [5, 5.41) is 3.28. The molecule has 1 spiro atoms. The number of nitrogens with one attached hydrogen (secondary N) is 1. The lowest BCUT2D eigenvalue weighted by molar-refractivity contribution is -0.117. The molecule has 2 aromatic carbocycles. The Balaban J connectivity index is 1.37. The number of rotatable bonds is 6. The van der Waals surface area contributed by atoms with Gasteiger partial charge in [-0.05, 0) is 48.5 Å². The largest absolute Gasteiger partial charge is 0.437 e. The molecule has 0 unspecified atom stereocenters. The van der Waals surface area contributed by atoms with Gasteiger partial charge in [-0.25, -0.2) is 4.79 Å². The Labute approximate surface area is 193 Å². The molecule has 11 heteroatoms. The Kier molecular flexibility index (Phi) is 6.96. The minimum Gasteiger partial charge on any atom is -0.437 e. The van der Waals surface area contributed by atoms with Crippen molar-refractivity contribution in [2.24, 2.45) is 0 Å². The van der Waals surface area contributed by atoms with Crippen LogP contribution in [0.4, 0.5) is 25.0 Å². The maximum atomic E-state index is 12.6. The lowest BCUT2D eigenvalue weighted by Crippen LogP contribution is -2.49. The summed E-state index contributed by atoms with van der Waals surface area (Å²) < 4.78 is 40.2. The zero-order valence-electron chi connectivity index (χ0n) is 17.5. The molecule has 2 heterocycles. The van der Waals surface area contributed by atoms with Gasteiger partial charge < -0.3 is 19.5 Å². The molecule has 2 aromatic rings. The van der Waals surface area contributed by atoms with Gasteiger partial charge in [0.2, 0.25) is 5.91 Å². The Hall–Kier alpha value is -2.95. The topological polar surface area (TPSA) is 80.3 Å². The molecule has 2 fully saturated rings. The predicted molar refractivity (Wildman–Crippen MR) is 117 cm³/mol. The van der Waals surface area contributed by atoms with E-state index in [2.05, 4.69) is 10.1 Å². The quantitative estimate of drug-likeness (QED) is 0.679. The molecule has 2 saturated heterocycles. The lowest BCUT2D eigenvalue weighted by atomic mass is 10.0. The number of hydrogen-bond acceptors (Lipinski definition) is 6.